The maximum atomic E-state index is 11.9. The molecule has 0 saturated carbocycles. The van der Waals surface area contributed by atoms with E-state index in [4.69, 9.17) is 4.74 Å². The zero-order valence-corrected chi connectivity index (χ0v) is 13.3. The number of ether oxygens (including phenoxy) is 1. The molecule has 0 aliphatic heterocycles. The fraction of sp³-hybridized carbons (Fsp3) is 0.562. The lowest BCUT2D eigenvalue weighted by Crippen LogP contribution is -2.25. The fourth-order valence-corrected chi connectivity index (χ4v) is 2.27. The first kappa shape index (κ1) is 17.1. The van der Waals surface area contributed by atoms with Gasteiger partial charge in [-0.1, -0.05) is 25.5 Å². The number of unbranched alkanes of at least 4 members (excludes halogenated alkanes) is 1. The molecule has 0 heterocycles. The Labute approximate surface area is 126 Å². The number of hydrogen-bond donors (Lipinski definition) is 1. The molecule has 1 aromatic carbocycles. The summed E-state index contributed by atoms with van der Waals surface area (Å²) in [6, 6.07) is 7.80. The maximum Gasteiger partial charge on any atom is 0.251 e. The van der Waals surface area contributed by atoms with Crippen molar-refractivity contribution in [1.29, 1.82) is 0 Å². The van der Waals surface area contributed by atoms with Gasteiger partial charge in [0, 0.05) is 31.1 Å². The Hall–Kier alpha value is -1.00. The van der Waals surface area contributed by atoms with Crippen molar-refractivity contribution in [3.8, 4) is 0 Å². The number of carbonyl (C=O) groups is 1. The summed E-state index contributed by atoms with van der Waals surface area (Å²) in [5, 5.41) is 2.92. The number of benzene rings is 1. The zero-order valence-electron chi connectivity index (χ0n) is 12.5. The van der Waals surface area contributed by atoms with Crippen LogP contribution < -0.4 is 5.32 Å². The third kappa shape index (κ3) is 6.96. The quantitative estimate of drug-likeness (QED) is 0.672. The summed E-state index contributed by atoms with van der Waals surface area (Å²) in [5.41, 5.74) is 1.97. The minimum atomic E-state index is -0.00532. The Morgan fingerprint density at radius 2 is 1.90 bits per heavy atom. The first-order valence-electron chi connectivity index (χ1n) is 7.21. The molecule has 3 nitrogen and oxygen atoms in total. The predicted molar refractivity (Wildman–Crippen MR) is 86.3 cm³/mol. The average molecular weight is 295 g/mol. The second-order valence-corrected chi connectivity index (χ2v) is 5.57. The third-order valence-electron chi connectivity index (χ3n) is 2.92. The van der Waals surface area contributed by atoms with E-state index < -0.39 is 0 Å². The van der Waals surface area contributed by atoms with E-state index in [0.717, 1.165) is 37.2 Å². The van der Waals surface area contributed by atoms with Crippen LogP contribution in [0.2, 0.25) is 0 Å². The molecule has 112 valence electrons. The number of thioether (sulfide) groups is 1. The minimum absolute atomic E-state index is 0.00532. The summed E-state index contributed by atoms with van der Waals surface area (Å²) < 4.78 is 5.45. The van der Waals surface area contributed by atoms with Gasteiger partial charge in [-0.25, -0.2) is 0 Å². The highest BCUT2D eigenvalue weighted by molar-refractivity contribution is 7.97. The average Bonchev–Trinajstić information content (AvgIpc) is 2.47. The molecule has 0 atom stereocenters. The molecular formula is C16H25NO2S. The van der Waals surface area contributed by atoms with Crippen LogP contribution in [-0.2, 0) is 10.5 Å². The third-order valence-corrected chi connectivity index (χ3v) is 3.54. The molecule has 0 aliphatic rings. The van der Waals surface area contributed by atoms with E-state index in [2.05, 4.69) is 18.5 Å². The van der Waals surface area contributed by atoms with Crippen LogP contribution in [-0.4, -0.2) is 31.9 Å². The monoisotopic (exact) mass is 295 g/mol. The Balaban J connectivity index is 2.18. The van der Waals surface area contributed by atoms with Gasteiger partial charge in [0.25, 0.3) is 5.91 Å². The summed E-state index contributed by atoms with van der Waals surface area (Å²) in [4.78, 5) is 11.9. The lowest BCUT2D eigenvalue weighted by molar-refractivity contribution is 0.0940. The van der Waals surface area contributed by atoms with Crippen LogP contribution in [0.4, 0.5) is 0 Å². The lowest BCUT2D eigenvalue weighted by atomic mass is 10.1. The second-order valence-electron chi connectivity index (χ2n) is 4.71. The van der Waals surface area contributed by atoms with Crippen LogP contribution in [0.5, 0.6) is 0 Å². The van der Waals surface area contributed by atoms with Crippen molar-refractivity contribution in [2.24, 2.45) is 0 Å². The predicted octanol–water partition coefficient (Wildman–Crippen LogP) is 3.49. The minimum Gasteiger partial charge on any atom is -0.381 e. The van der Waals surface area contributed by atoms with Gasteiger partial charge in [-0.2, -0.15) is 11.8 Å². The highest BCUT2D eigenvalue weighted by Gasteiger charge is 2.04. The van der Waals surface area contributed by atoms with E-state index in [1.165, 1.54) is 5.56 Å². The summed E-state index contributed by atoms with van der Waals surface area (Å²) in [5.74, 6) is 0.978. The van der Waals surface area contributed by atoms with E-state index in [1.54, 1.807) is 11.8 Å². The molecule has 0 unspecified atom stereocenters. The van der Waals surface area contributed by atoms with Gasteiger partial charge in [-0.15, -0.1) is 0 Å². The second kappa shape index (κ2) is 10.7. The van der Waals surface area contributed by atoms with E-state index in [1.807, 2.05) is 24.3 Å². The van der Waals surface area contributed by atoms with Crippen molar-refractivity contribution in [1.82, 2.24) is 5.32 Å². The Morgan fingerprint density at radius 3 is 2.55 bits per heavy atom. The van der Waals surface area contributed by atoms with Crippen LogP contribution in [0.15, 0.2) is 24.3 Å². The van der Waals surface area contributed by atoms with Crippen LogP contribution in [0.3, 0.4) is 0 Å². The van der Waals surface area contributed by atoms with Crippen LogP contribution in [0.25, 0.3) is 0 Å². The molecule has 0 aromatic heterocycles. The van der Waals surface area contributed by atoms with Crippen LogP contribution >= 0.6 is 11.8 Å². The van der Waals surface area contributed by atoms with E-state index in [-0.39, 0.29) is 5.91 Å². The van der Waals surface area contributed by atoms with Gasteiger partial charge in [0.15, 0.2) is 0 Å². The van der Waals surface area contributed by atoms with Crippen molar-refractivity contribution < 1.29 is 9.53 Å². The summed E-state index contributed by atoms with van der Waals surface area (Å²) >= 11 is 1.78. The molecule has 1 amide bonds. The highest BCUT2D eigenvalue weighted by atomic mass is 32.2. The van der Waals surface area contributed by atoms with Gasteiger partial charge in [0.2, 0.25) is 0 Å². The largest absolute Gasteiger partial charge is 0.381 e. The molecule has 20 heavy (non-hydrogen) atoms. The number of rotatable bonds is 10. The molecule has 0 fully saturated rings. The van der Waals surface area contributed by atoms with Gasteiger partial charge in [0.1, 0.15) is 0 Å². The molecule has 0 aliphatic carbocycles. The van der Waals surface area contributed by atoms with E-state index >= 15 is 0 Å². The summed E-state index contributed by atoms with van der Waals surface area (Å²) in [7, 11) is 0. The number of carbonyl (C=O) groups excluding carboxylic acids is 1. The highest BCUT2D eigenvalue weighted by Crippen LogP contribution is 2.10. The number of hydrogen-bond acceptors (Lipinski definition) is 3. The molecule has 0 bridgehead atoms. The summed E-state index contributed by atoms with van der Waals surface area (Å²) in [6.45, 7) is 4.35. The molecule has 1 N–H and O–H groups in total. The molecule has 0 spiro atoms. The lowest BCUT2D eigenvalue weighted by Gasteiger charge is -2.06. The normalized spacial score (nSPS) is 10.5. The molecular weight excluding hydrogens is 270 g/mol. The van der Waals surface area contributed by atoms with Crippen molar-refractivity contribution in [2.75, 3.05) is 26.0 Å². The van der Waals surface area contributed by atoms with Crippen LogP contribution in [0, 0.1) is 0 Å². The zero-order chi connectivity index (χ0) is 14.6. The number of nitrogens with one attached hydrogen (secondary N) is 1. The van der Waals surface area contributed by atoms with Crippen LogP contribution in [0.1, 0.15) is 42.1 Å². The Kier molecular flexibility index (Phi) is 9.16. The van der Waals surface area contributed by atoms with Gasteiger partial charge in [-0.3, -0.25) is 4.79 Å². The van der Waals surface area contributed by atoms with Gasteiger partial charge >= 0.3 is 0 Å². The molecule has 1 rings (SSSR count). The Bertz CT molecular complexity index is 379. The molecule has 1 aromatic rings. The standard InChI is InChI=1S/C16H25NO2S/c1-3-4-11-19-12-5-10-17-16(18)15-8-6-14(7-9-15)13-20-2/h6-9H,3-5,10-13H2,1-2H3,(H,17,18). The molecule has 4 heteroatoms. The molecule has 0 saturated heterocycles. The Morgan fingerprint density at radius 1 is 1.20 bits per heavy atom. The van der Waals surface area contributed by atoms with Gasteiger partial charge in [0.05, 0.1) is 0 Å². The molecule has 0 radical (unpaired) electrons. The number of amides is 1. The van der Waals surface area contributed by atoms with Gasteiger partial charge < -0.3 is 10.1 Å². The SMILES string of the molecule is CCCCOCCCNC(=O)c1ccc(CSC)cc1. The smallest absolute Gasteiger partial charge is 0.251 e. The van der Waals surface area contributed by atoms with Crippen molar-refractivity contribution in [3.05, 3.63) is 35.4 Å². The van der Waals surface area contributed by atoms with Crippen molar-refractivity contribution in [2.45, 2.75) is 31.9 Å². The van der Waals surface area contributed by atoms with Gasteiger partial charge in [-0.05, 0) is 36.8 Å². The summed E-state index contributed by atoms with van der Waals surface area (Å²) in [6.07, 6.45) is 5.20. The van der Waals surface area contributed by atoms with E-state index in [0.29, 0.717) is 13.2 Å². The van der Waals surface area contributed by atoms with E-state index in [9.17, 15) is 4.79 Å². The topological polar surface area (TPSA) is 38.3 Å². The van der Waals surface area contributed by atoms with Crippen molar-refractivity contribution in [3.63, 3.8) is 0 Å². The first-order valence-corrected chi connectivity index (χ1v) is 8.61. The fourth-order valence-electron chi connectivity index (χ4n) is 1.75. The first-order chi connectivity index (χ1) is 9.77. The maximum absolute atomic E-state index is 11.9. The van der Waals surface area contributed by atoms with Crippen molar-refractivity contribution >= 4 is 17.7 Å².